The molecule has 4 heteroatoms. The fourth-order valence-electron chi connectivity index (χ4n) is 1.49. The predicted molar refractivity (Wildman–Crippen MR) is 77.1 cm³/mol. The Morgan fingerprint density at radius 3 is 2.50 bits per heavy atom. The number of thioether (sulfide) groups is 1. The van der Waals surface area contributed by atoms with E-state index in [2.05, 4.69) is 28.1 Å². The highest BCUT2D eigenvalue weighted by atomic mass is 79.9. The molecule has 0 aromatic heterocycles. The first-order chi connectivity index (χ1) is 8.66. The van der Waals surface area contributed by atoms with E-state index in [0.717, 1.165) is 15.1 Å². The van der Waals surface area contributed by atoms with Gasteiger partial charge in [-0.1, -0.05) is 30.3 Å². The van der Waals surface area contributed by atoms with Gasteiger partial charge < -0.3 is 5.11 Å². The predicted octanol–water partition coefficient (Wildman–Crippen LogP) is 4.44. The summed E-state index contributed by atoms with van der Waals surface area (Å²) in [7, 11) is 0. The molecule has 0 spiro atoms. The van der Waals surface area contributed by atoms with Crippen molar-refractivity contribution in [1.29, 1.82) is 0 Å². The number of halogens is 1. The molecule has 2 rings (SSSR count). The SMILES string of the molecule is O=C(O)c1ccc(SCc2ccccc2)c(Br)c1. The van der Waals surface area contributed by atoms with Gasteiger partial charge in [-0.15, -0.1) is 11.8 Å². The van der Waals surface area contributed by atoms with E-state index >= 15 is 0 Å². The summed E-state index contributed by atoms with van der Waals surface area (Å²) in [6, 6.07) is 15.3. The van der Waals surface area contributed by atoms with Crippen LogP contribution in [-0.2, 0) is 5.75 Å². The molecule has 0 saturated carbocycles. The van der Waals surface area contributed by atoms with Crippen molar-refractivity contribution in [3.63, 3.8) is 0 Å². The monoisotopic (exact) mass is 322 g/mol. The summed E-state index contributed by atoms with van der Waals surface area (Å²) in [5.74, 6) is -0.0402. The largest absolute Gasteiger partial charge is 0.478 e. The average molecular weight is 323 g/mol. The highest BCUT2D eigenvalue weighted by molar-refractivity contribution is 9.10. The minimum absolute atomic E-state index is 0.297. The molecular formula is C14H11BrO2S. The number of carboxylic acids is 1. The van der Waals surface area contributed by atoms with Crippen LogP contribution in [0.1, 0.15) is 15.9 Å². The normalized spacial score (nSPS) is 10.3. The summed E-state index contributed by atoms with van der Waals surface area (Å²) >= 11 is 5.09. The van der Waals surface area contributed by atoms with Gasteiger partial charge in [0.15, 0.2) is 0 Å². The maximum Gasteiger partial charge on any atom is 0.335 e. The lowest BCUT2D eigenvalue weighted by molar-refractivity contribution is 0.0696. The number of aromatic carboxylic acids is 1. The Morgan fingerprint density at radius 1 is 1.17 bits per heavy atom. The molecule has 0 heterocycles. The molecule has 0 amide bonds. The van der Waals surface area contributed by atoms with E-state index in [1.165, 1.54) is 5.56 Å². The average Bonchev–Trinajstić information content (AvgIpc) is 2.38. The van der Waals surface area contributed by atoms with Crippen LogP contribution in [0.15, 0.2) is 57.9 Å². The number of rotatable bonds is 4. The molecule has 0 aliphatic carbocycles. The van der Waals surface area contributed by atoms with Gasteiger partial charge in [-0.2, -0.15) is 0 Å². The lowest BCUT2D eigenvalue weighted by Gasteiger charge is -2.05. The van der Waals surface area contributed by atoms with Crippen molar-refractivity contribution in [3.05, 3.63) is 64.1 Å². The van der Waals surface area contributed by atoms with Gasteiger partial charge in [0, 0.05) is 15.1 Å². The van der Waals surface area contributed by atoms with E-state index in [0.29, 0.717) is 5.56 Å². The second-order valence-electron chi connectivity index (χ2n) is 3.72. The molecule has 2 aromatic carbocycles. The third-order valence-corrected chi connectivity index (χ3v) is 4.48. The third kappa shape index (κ3) is 3.37. The maximum absolute atomic E-state index is 10.8. The minimum Gasteiger partial charge on any atom is -0.478 e. The van der Waals surface area contributed by atoms with Crippen LogP contribution in [0.5, 0.6) is 0 Å². The van der Waals surface area contributed by atoms with Crippen LogP contribution in [0.25, 0.3) is 0 Å². The molecule has 0 atom stereocenters. The van der Waals surface area contributed by atoms with Crippen LogP contribution in [0.4, 0.5) is 0 Å². The van der Waals surface area contributed by atoms with Gasteiger partial charge >= 0.3 is 5.97 Å². The first-order valence-electron chi connectivity index (χ1n) is 5.36. The summed E-state index contributed by atoms with van der Waals surface area (Å²) in [4.78, 5) is 11.9. The molecule has 1 N–H and O–H groups in total. The van der Waals surface area contributed by atoms with E-state index < -0.39 is 5.97 Å². The Balaban J connectivity index is 2.08. The van der Waals surface area contributed by atoms with Crippen LogP contribution in [0, 0.1) is 0 Å². The topological polar surface area (TPSA) is 37.3 Å². The fraction of sp³-hybridized carbons (Fsp3) is 0.0714. The second-order valence-corrected chi connectivity index (χ2v) is 5.60. The number of hydrogen-bond acceptors (Lipinski definition) is 2. The van der Waals surface area contributed by atoms with Crippen molar-refractivity contribution < 1.29 is 9.90 Å². The van der Waals surface area contributed by atoms with Gasteiger partial charge in [0.05, 0.1) is 5.56 Å². The summed E-state index contributed by atoms with van der Waals surface area (Å²) < 4.78 is 0.823. The van der Waals surface area contributed by atoms with Crippen molar-refractivity contribution in [3.8, 4) is 0 Å². The first-order valence-corrected chi connectivity index (χ1v) is 7.14. The molecule has 92 valence electrons. The van der Waals surface area contributed by atoms with E-state index in [1.54, 1.807) is 23.9 Å². The molecule has 0 saturated heterocycles. The van der Waals surface area contributed by atoms with Crippen LogP contribution in [0.3, 0.4) is 0 Å². The van der Waals surface area contributed by atoms with Gasteiger partial charge in [0.25, 0.3) is 0 Å². The van der Waals surface area contributed by atoms with Gasteiger partial charge in [-0.3, -0.25) is 0 Å². The first kappa shape index (κ1) is 13.2. The summed E-state index contributed by atoms with van der Waals surface area (Å²) in [5.41, 5.74) is 1.54. The molecular weight excluding hydrogens is 312 g/mol. The summed E-state index contributed by atoms with van der Waals surface area (Å²) in [5, 5.41) is 8.88. The molecule has 0 aliphatic rings. The lowest BCUT2D eigenvalue weighted by atomic mass is 10.2. The zero-order chi connectivity index (χ0) is 13.0. The van der Waals surface area contributed by atoms with Gasteiger partial charge in [0.1, 0.15) is 0 Å². The van der Waals surface area contributed by atoms with Crippen molar-refractivity contribution in [2.75, 3.05) is 0 Å². The van der Waals surface area contributed by atoms with E-state index in [1.807, 2.05) is 24.3 Å². The van der Waals surface area contributed by atoms with Crippen LogP contribution >= 0.6 is 27.7 Å². The molecule has 0 aliphatic heterocycles. The third-order valence-electron chi connectivity index (χ3n) is 2.42. The highest BCUT2D eigenvalue weighted by Gasteiger charge is 2.07. The fourth-order valence-corrected chi connectivity index (χ4v) is 3.08. The molecule has 2 aromatic rings. The van der Waals surface area contributed by atoms with Crippen LogP contribution in [0.2, 0.25) is 0 Å². The Bertz CT molecular complexity index is 555. The zero-order valence-electron chi connectivity index (χ0n) is 9.47. The van der Waals surface area contributed by atoms with Crippen molar-refractivity contribution >= 4 is 33.7 Å². The maximum atomic E-state index is 10.8. The smallest absolute Gasteiger partial charge is 0.335 e. The van der Waals surface area contributed by atoms with Gasteiger partial charge in [0.2, 0.25) is 0 Å². The number of hydrogen-bond donors (Lipinski definition) is 1. The number of carbonyl (C=O) groups is 1. The van der Waals surface area contributed by atoms with E-state index in [9.17, 15) is 4.79 Å². The minimum atomic E-state index is -0.907. The summed E-state index contributed by atoms with van der Waals surface area (Å²) in [6.07, 6.45) is 0. The lowest BCUT2D eigenvalue weighted by Crippen LogP contribution is -1.95. The van der Waals surface area contributed by atoms with Crippen molar-refractivity contribution in [1.82, 2.24) is 0 Å². The Morgan fingerprint density at radius 2 is 1.89 bits per heavy atom. The van der Waals surface area contributed by atoms with Crippen LogP contribution in [-0.4, -0.2) is 11.1 Å². The molecule has 2 nitrogen and oxygen atoms in total. The molecule has 0 fully saturated rings. The zero-order valence-corrected chi connectivity index (χ0v) is 11.9. The van der Waals surface area contributed by atoms with Gasteiger partial charge in [-0.25, -0.2) is 4.79 Å². The van der Waals surface area contributed by atoms with Crippen molar-refractivity contribution in [2.24, 2.45) is 0 Å². The van der Waals surface area contributed by atoms with Crippen LogP contribution < -0.4 is 0 Å². The Kier molecular flexibility index (Phi) is 4.44. The molecule has 18 heavy (non-hydrogen) atoms. The molecule has 0 radical (unpaired) electrons. The van der Waals surface area contributed by atoms with Crippen molar-refractivity contribution in [2.45, 2.75) is 10.6 Å². The number of carboxylic acid groups (broad SMARTS) is 1. The molecule has 0 bridgehead atoms. The van der Waals surface area contributed by atoms with E-state index in [4.69, 9.17) is 5.11 Å². The second kappa shape index (κ2) is 6.07. The molecule has 0 unspecified atom stereocenters. The standard InChI is InChI=1S/C14H11BrO2S/c15-12-8-11(14(16)17)6-7-13(12)18-9-10-4-2-1-3-5-10/h1-8H,9H2,(H,16,17). The summed E-state index contributed by atoms with van der Waals surface area (Å²) in [6.45, 7) is 0. The Labute approximate surface area is 118 Å². The quantitative estimate of drug-likeness (QED) is 0.845. The number of benzene rings is 2. The Hall–Kier alpha value is -1.26. The van der Waals surface area contributed by atoms with Gasteiger partial charge in [-0.05, 0) is 39.7 Å². The van der Waals surface area contributed by atoms with E-state index in [-0.39, 0.29) is 0 Å². The highest BCUT2D eigenvalue weighted by Crippen LogP contribution is 2.30.